The quantitative estimate of drug-likeness (QED) is 0.325. The second-order valence-electron chi connectivity index (χ2n) is 3.36. The van der Waals surface area contributed by atoms with Gasteiger partial charge in [-0.25, -0.2) is 4.39 Å². The maximum Gasteiger partial charge on any atom is 0.292 e. The van der Waals surface area contributed by atoms with Gasteiger partial charge in [-0.05, 0) is 0 Å². The molecule has 6 nitrogen and oxygen atoms in total. The third-order valence-corrected chi connectivity index (χ3v) is 2.50. The average Bonchev–Trinajstić information content (AvgIpc) is 2.26. The van der Waals surface area contributed by atoms with E-state index in [9.17, 15) is 24.7 Å². The maximum absolute atomic E-state index is 13.4. The number of hydrogen-bond donors (Lipinski definition) is 3. The molecule has 0 spiro atoms. The number of nitro groups is 1. The number of nitrogens with zero attached hydrogens (tertiary/aromatic N) is 1. The largest absolute Gasteiger partial charge is 0.393 e. The van der Waals surface area contributed by atoms with Crippen LogP contribution in [0.2, 0.25) is 0 Å². The predicted octanol–water partition coefficient (Wildman–Crippen LogP) is 0.949. The third-order valence-electron chi connectivity index (χ3n) is 2.18. The van der Waals surface area contributed by atoms with Gasteiger partial charge in [0.15, 0.2) is 0 Å². The summed E-state index contributed by atoms with van der Waals surface area (Å²) in [5.41, 5.74) is 3.93. The van der Waals surface area contributed by atoms with Crippen molar-refractivity contribution in [3.63, 3.8) is 0 Å². The Labute approximate surface area is 101 Å². The summed E-state index contributed by atoms with van der Waals surface area (Å²) in [4.78, 5) is 9.77. The summed E-state index contributed by atoms with van der Waals surface area (Å²) in [6.07, 6.45) is -3.07. The van der Waals surface area contributed by atoms with Crippen LogP contribution in [0.5, 0.6) is 0 Å². The number of hydrogen-bond acceptors (Lipinski definition) is 5. The van der Waals surface area contributed by atoms with Crippen LogP contribution in [0.1, 0.15) is 11.7 Å². The lowest BCUT2D eigenvalue weighted by molar-refractivity contribution is -0.384. The molecule has 0 radical (unpaired) electrons. The molecule has 17 heavy (non-hydrogen) atoms. The van der Waals surface area contributed by atoms with Crippen molar-refractivity contribution in [1.29, 1.82) is 0 Å². The minimum absolute atomic E-state index is 0.335. The van der Waals surface area contributed by atoms with Crippen LogP contribution >= 0.6 is 11.6 Å². The molecule has 0 bridgehead atoms. The van der Waals surface area contributed by atoms with E-state index in [0.29, 0.717) is 0 Å². The van der Waals surface area contributed by atoms with E-state index < -0.39 is 34.2 Å². The molecule has 1 aromatic rings. The van der Waals surface area contributed by atoms with Gasteiger partial charge in [0.1, 0.15) is 17.6 Å². The van der Waals surface area contributed by atoms with Crippen molar-refractivity contribution in [1.82, 2.24) is 0 Å². The van der Waals surface area contributed by atoms with Gasteiger partial charge in [-0.1, -0.05) is 0 Å². The number of nitrogens with two attached hydrogens (primary N) is 1. The molecule has 94 valence electrons. The lowest BCUT2D eigenvalue weighted by Crippen LogP contribution is -2.21. The molecule has 8 heteroatoms. The van der Waals surface area contributed by atoms with Crippen LogP contribution in [0, 0.1) is 15.9 Å². The van der Waals surface area contributed by atoms with E-state index in [4.69, 9.17) is 17.3 Å². The average molecular weight is 265 g/mol. The SMILES string of the molecule is Nc1cc(F)c(C(O)C(O)CCl)cc1[N+](=O)[O-]. The summed E-state index contributed by atoms with van der Waals surface area (Å²) in [5, 5.41) is 29.4. The summed E-state index contributed by atoms with van der Waals surface area (Å²) in [6, 6.07) is 1.50. The minimum atomic E-state index is -1.65. The fourth-order valence-electron chi connectivity index (χ4n) is 1.27. The number of rotatable bonds is 4. The molecule has 0 aromatic heterocycles. The van der Waals surface area contributed by atoms with Crippen molar-refractivity contribution in [3.05, 3.63) is 33.6 Å². The summed E-state index contributed by atoms with van der Waals surface area (Å²) in [6.45, 7) is 0. The van der Waals surface area contributed by atoms with Gasteiger partial charge in [0, 0.05) is 17.7 Å². The first-order valence-corrected chi connectivity index (χ1v) is 5.07. The van der Waals surface area contributed by atoms with Gasteiger partial charge in [0.05, 0.1) is 16.9 Å². The number of halogens is 2. The lowest BCUT2D eigenvalue weighted by atomic mass is 10.0. The number of nitro benzene ring substituents is 1. The molecule has 0 heterocycles. The van der Waals surface area contributed by atoms with Crippen molar-refractivity contribution >= 4 is 23.0 Å². The van der Waals surface area contributed by atoms with Crippen LogP contribution < -0.4 is 5.73 Å². The van der Waals surface area contributed by atoms with Crippen LogP contribution in [-0.2, 0) is 0 Å². The molecule has 0 fully saturated rings. The molecular weight excluding hydrogens is 255 g/mol. The topological polar surface area (TPSA) is 110 Å². The van der Waals surface area contributed by atoms with E-state index in [-0.39, 0.29) is 11.6 Å². The van der Waals surface area contributed by atoms with Crippen LogP contribution in [0.3, 0.4) is 0 Å². The molecule has 2 atom stereocenters. The second kappa shape index (κ2) is 5.26. The van der Waals surface area contributed by atoms with E-state index in [1.165, 1.54) is 0 Å². The molecule has 0 saturated carbocycles. The van der Waals surface area contributed by atoms with Crippen molar-refractivity contribution in [2.75, 3.05) is 11.6 Å². The first-order chi connectivity index (χ1) is 7.88. The highest BCUT2D eigenvalue weighted by atomic mass is 35.5. The zero-order valence-corrected chi connectivity index (χ0v) is 9.26. The molecular formula is C9H10ClFN2O4. The van der Waals surface area contributed by atoms with Gasteiger partial charge in [-0.15, -0.1) is 11.6 Å². The molecule has 0 amide bonds. The lowest BCUT2D eigenvalue weighted by Gasteiger charge is -2.16. The normalized spacial score (nSPS) is 14.4. The smallest absolute Gasteiger partial charge is 0.292 e. The number of anilines is 1. The molecule has 1 rings (SSSR count). The van der Waals surface area contributed by atoms with Crippen molar-refractivity contribution in [2.45, 2.75) is 12.2 Å². The molecule has 2 unspecified atom stereocenters. The standard InChI is InChI=1S/C9H10ClFN2O4/c10-3-8(14)9(15)4-1-7(13(16)17)6(12)2-5(4)11/h1-2,8-9,14-15H,3,12H2. The number of alkyl halides is 1. The van der Waals surface area contributed by atoms with Gasteiger partial charge in [-0.2, -0.15) is 0 Å². The van der Waals surface area contributed by atoms with Gasteiger partial charge >= 0.3 is 0 Å². The van der Waals surface area contributed by atoms with Crippen LogP contribution in [0.25, 0.3) is 0 Å². The first-order valence-electron chi connectivity index (χ1n) is 4.54. The summed E-state index contributed by atoms with van der Waals surface area (Å²) < 4.78 is 13.4. The predicted molar refractivity (Wildman–Crippen MR) is 59.2 cm³/mol. The fourth-order valence-corrected chi connectivity index (χ4v) is 1.44. The number of nitrogen functional groups attached to an aromatic ring is 1. The Hall–Kier alpha value is -1.44. The number of aliphatic hydroxyl groups is 2. The van der Waals surface area contributed by atoms with Crippen LogP contribution in [0.4, 0.5) is 15.8 Å². The third kappa shape index (κ3) is 2.82. The van der Waals surface area contributed by atoms with Gasteiger partial charge < -0.3 is 15.9 Å². The first kappa shape index (κ1) is 13.6. The molecule has 0 saturated heterocycles. The van der Waals surface area contributed by atoms with Gasteiger partial charge in [-0.3, -0.25) is 10.1 Å². The van der Waals surface area contributed by atoms with E-state index >= 15 is 0 Å². The molecule has 0 aliphatic heterocycles. The zero-order chi connectivity index (χ0) is 13.2. The van der Waals surface area contributed by atoms with Crippen LogP contribution in [-0.4, -0.2) is 27.1 Å². The summed E-state index contributed by atoms with van der Waals surface area (Å²) in [7, 11) is 0. The summed E-state index contributed by atoms with van der Waals surface area (Å²) in [5.74, 6) is -1.27. The Bertz CT molecular complexity index is 443. The fraction of sp³-hybridized carbons (Fsp3) is 0.333. The Kier molecular flexibility index (Phi) is 4.22. The minimum Gasteiger partial charge on any atom is -0.393 e. The van der Waals surface area contributed by atoms with E-state index in [1.807, 2.05) is 0 Å². The number of benzene rings is 1. The molecule has 1 aromatic carbocycles. The van der Waals surface area contributed by atoms with E-state index in [0.717, 1.165) is 12.1 Å². The highest BCUT2D eigenvalue weighted by Gasteiger charge is 2.25. The highest BCUT2D eigenvalue weighted by Crippen LogP contribution is 2.30. The van der Waals surface area contributed by atoms with Crippen LogP contribution in [0.15, 0.2) is 12.1 Å². The highest BCUT2D eigenvalue weighted by molar-refractivity contribution is 6.18. The Morgan fingerprint density at radius 1 is 1.53 bits per heavy atom. The molecule has 4 N–H and O–H groups in total. The Morgan fingerprint density at radius 2 is 2.12 bits per heavy atom. The Balaban J connectivity index is 3.24. The van der Waals surface area contributed by atoms with E-state index in [2.05, 4.69) is 0 Å². The van der Waals surface area contributed by atoms with Crippen molar-refractivity contribution in [2.24, 2.45) is 0 Å². The van der Waals surface area contributed by atoms with Crippen molar-refractivity contribution in [3.8, 4) is 0 Å². The summed E-state index contributed by atoms with van der Waals surface area (Å²) >= 11 is 5.29. The van der Waals surface area contributed by atoms with Gasteiger partial charge in [0.25, 0.3) is 5.69 Å². The second-order valence-corrected chi connectivity index (χ2v) is 3.66. The van der Waals surface area contributed by atoms with E-state index in [1.54, 1.807) is 0 Å². The number of aliphatic hydroxyl groups excluding tert-OH is 2. The van der Waals surface area contributed by atoms with Gasteiger partial charge in [0.2, 0.25) is 0 Å². The molecule has 0 aliphatic carbocycles. The van der Waals surface area contributed by atoms with Crippen molar-refractivity contribution < 1.29 is 19.5 Å². The maximum atomic E-state index is 13.4. The zero-order valence-electron chi connectivity index (χ0n) is 8.51. The monoisotopic (exact) mass is 264 g/mol. The molecule has 0 aliphatic rings. The Morgan fingerprint density at radius 3 is 2.59 bits per heavy atom.